The molecule has 0 unspecified atom stereocenters. The molecule has 0 spiro atoms. The molecule has 1 N–H and O–H groups in total. The van der Waals surface area contributed by atoms with E-state index in [1.165, 1.54) is 18.3 Å². The van der Waals surface area contributed by atoms with Crippen LogP contribution < -0.4 is 10.1 Å². The standard InChI is InChI=1S/C13H15N3O2S/c1-10(17)14-13-16-15-12(19-13)8-5-9-18-11-6-3-2-4-7-11/h2-4,6-7H,5,8-9H2,1H3,(H,14,16,17). The second kappa shape index (κ2) is 6.84. The summed E-state index contributed by atoms with van der Waals surface area (Å²) in [5.41, 5.74) is 0. The lowest BCUT2D eigenvalue weighted by molar-refractivity contribution is -0.114. The Morgan fingerprint density at radius 3 is 2.84 bits per heavy atom. The number of hydrogen-bond acceptors (Lipinski definition) is 5. The Kier molecular flexibility index (Phi) is 4.85. The number of carbonyl (C=O) groups is 1. The van der Waals surface area contributed by atoms with E-state index in [-0.39, 0.29) is 5.91 Å². The third-order valence-corrected chi connectivity index (χ3v) is 3.20. The van der Waals surface area contributed by atoms with E-state index in [1.807, 2.05) is 30.3 Å². The van der Waals surface area contributed by atoms with Crippen LogP contribution in [0.1, 0.15) is 18.4 Å². The lowest BCUT2D eigenvalue weighted by atomic mass is 10.3. The first-order valence-corrected chi connectivity index (χ1v) is 6.83. The first-order chi connectivity index (χ1) is 9.24. The lowest BCUT2D eigenvalue weighted by Gasteiger charge is -2.04. The van der Waals surface area contributed by atoms with Crippen molar-refractivity contribution in [3.63, 3.8) is 0 Å². The molecule has 0 aliphatic carbocycles. The van der Waals surface area contributed by atoms with Crippen molar-refractivity contribution in [1.82, 2.24) is 10.2 Å². The number of benzene rings is 1. The maximum absolute atomic E-state index is 10.8. The van der Waals surface area contributed by atoms with E-state index in [4.69, 9.17) is 4.74 Å². The summed E-state index contributed by atoms with van der Waals surface area (Å²) in [5.74, 6) is 0.744. The quantitative estimate of drug-likeness (QED) is 0.824. The molecule has 0 bridgehead atoms. The average molecular weight is 277 g/mol. The minimum absolute atomic E-state index is 0.130. The van der Waals surface area contributed by atoms with Crippen LogP contribution in [0, 0.1) is 0 Å². The number of hydrogen-bond donors (Lipinski definition) is 1. The van der Waals surface area contributed by atoms with Crippen molar-refractivity contribution < 1.29 is 9.53 Å². The number of para-hydroxylation sites is 1. The first kappa shape index (κ1) is 13.5. The van der Waals surface area contributed by atoms with Gasteiger partial charge in [-0.15, -0.1) is 10.2 Å². The van der Waals surface area contributed by atoms with Gasteiger partial charge in [-0.2, -0.15) is 0 Å². The summed E-state index contributed by atoms with van der Waals surface area (Å²) in [7, 11) is 0. The van der Waals surface area contributed by atoms with Crippen LogP contribution in [0.4, 0.5) is 5.13 Å². The summed E-state index contributed by atoms with van der Waals surface area (Å²) < 4.78 is 5.59. The zero-order valence-corrected chi connectivity index (χ0v) is 11.4. The van der Waals surface area contributed by atoms with E-state index in [0.717, 1.165) is 23.6 Å². The van der Waals surface area contributed by atoms with Crippen LogP contribution in [-0.4, -0.2) is 22.7 Å². The van der Waals surface area contributed by atoms with Gasteiger partial charge in [0.05, 0.1) is 6.61 Å². The van der Waals surface area contributed by atoms with Gasteiger partial charge in [-0.25, -0.2) is 0 Å². The summed E-state index contributed by atoms with van der Waals surface area (Å²) in [4.78, 5) is 10.8. The highest BCUT2D eigenvalue weighted by Crippen LogP contribution is 2.16. The molecule has 1 heterocycles. The summed E-state index contributed by atoms with van der Waals surface area (Å²) in [5, 5.41) is 12.0. The van der Waals surface area contributed by atoms with Crippen LogP contribution in [0.15, 0.2) is 30.3 Å². The number of aryl methyl sites for hydroxylation is 1. The van der Waals surface area contributed by atoms with Gasteiger partial charge in [0.2, 0.25) is 11.0 Å². The second-order valence-electron chi connectivity index (χ2n) is 3.95. The predicted molar refractivity (Wildman–Crippen MR) is 74.5 cm³/mol. The van der Waals surface area contributed by atoms with Gasteiger partial charge in [-0.1, -0.05) is 29.5 Å². The number of nitrogens with one attached hydrogen (secondary N) is 1. The van der Waals surface area contributed by atoms with Crippen molar-refractivity contribution in [2.75, 3.05) is 11.9 Å². The third kappa shape index (κ3) is 4.67. The Bertz CT molecular complexity index is 528. The van der Waals surface area contributed by atoms with Crippen molar-refractivity contribution >= 4 is 22.4 Å². The predicted octanol–water partition coefficient (Wildman–Crippen LogP) is 2.51. The molecule has 1 amide bonds. The second-order valence-corrected chi connectivity index (χ2v) is 5.01. The summed E-state index contributed by atoms with van der Waals surface area (Å²) in [6.45, 7) is 2.09. The fraction of sp³-hybridized carbons (Fsp3) is 0.308. The van der Waals surface area contributed by atoms with Crippen LogP contribution in [-0.2, 0) is 11.2 Å². The van der Waals surface area contributed by atoms with Crippen LogP contribution in [0.3, 0.4) is 0 Å². The van der Waals surface area contributed by atoms with Crippen LogP contribution in [0.2, 0.25) is 0 Å². The monoisotopic (exact) mass is 277 g/mol. The van der Waals surface area contributed by atoms with Crippen molar-refractivity contribution in [3.8, 4) is 5.75 Å². The molecule has 6 heteroatoms. The molecule has 0 atom stereocenters. The molecule has 19 heavy (non-hydrogen) atoms. The molecule has 0 fully saturated rings. The summed E-state index contributed by atoms with van der Waals surface area (Å²) >= 11 is 1.40. The van der Waals surface area contributed by atoms with Crippen LogP contribution >= 0.6 is 11.3 Å². The number of aromatic nitrogens is 2. The molecule has 0 aliphatic rings. The minimum Gasteiger partial charge on any atom is -0.494 e. The number of nitrogens with zero attached hydrogens (tertiary/aromatic N) is 2. The third-order valence-electron chi connectivity index (χ3n) is 2.30. The number of amides is 1. The number of carbonyl (C=O) groups excluding carboxylic acids is 1. The highest BCUT2D eigenvalue weighted by Gasteiger charge is 2.05. The van der Waals surface area contributed by atoms with Crippen molar-refractivity contribution in [1.29, 1.82) is 0 Å². The van der Waals surface area contributed by atoms with E-state index >= 15 is 0 Å². The molecular formula is C13H15N3O2S. The first-order valence-electron chi connectivity index (χ1n) is 6.02. The fourth-order valence-electron chi connectivity index (χ4n) is 1.49. The molecule has 2 rings (SSSR count). The summed E-state index contributed by atoms with van der Waals surface area (Å²) in [6.07, 6.45) is 1.66. The van der Waals surface area contributed by atoms with Crippen molar-refractivity contribution in [3.05, 3.63) is 35.3 Å². The molecule has 2 aromatic rings. The molecular weight excluding hydrogens is 262 g/mol. The molecule has 0 aliphatic heterocycles. The van der Waals surface area contributed by atoms with Gasteiger partial charge in [-0.05, 0) is 18.6 Å². The average Bonchev–Trinajstić information content (AvgIpc) is 2.83. The maximum atomic E-state index is 10.8. The van der Waals surface area contributed by atoms with Crippen LogP contribution in [0.25, 0.3) is 0 Å². The van der Waals surface area contributed by atoms with E-state index in [0.29, 0.717) is 11.7 Å². The SMILES string of the molecule is CC(=O)Nc1nnc(CCCOc2ccccc2)s1. The summed E-state index contributed by atoms with van der Waals surface area (Å²) in [6, 6.07) is 9.71. The molecule has 1 aromatic heterocycles. The topological polar surface area (TPSA) is 64.1 Å². The lowest BCUT2D eigenvalue weighted by Crippen LogP contribution is -2.04. The molecule has 1 aromatic carbocycles. The minimum atomic E-state index is -0.130. The van der Waals surface area contributed by atoms with Gasteiger partial charge in [0.15, 0.2) is 0 Å². The van der Waals surface area contributed by atoms with Crippen molar-refractivity contribution in [2.24, 2.45) is 0 Å². The molecule has 0 saturated carbocycles. The Labute approximate surface area is 115 Å². The molecule has 0 saturated heterocycles. The van der Waals surface area contributed by atoms with Gasteiger partial charge in [0.25, 0.3) is 0 Å². The smallest absolute Gasteiger partial charge is 0.223 e. The van der Waals surface area contributed by atoms with E-state index in [1.54, 1.807) is 0 Å². The van der Waals surface area contributed by atoms with Gasteiger partial charge >= 0.3 is 0 Å². The highest BCUT2D eigenvalue weighted by atomic mass is 32.1. The molecule has 5 nitrogen and oxygen atoms in total. The Morgan fingerprint density at radius 2 is 2.11 bits per heavy atom. The van der Waals surface area contributed by atoms with E-state index < -0.39 is 0 Å². The van der Waals surface area contributed by atoms with Gasteiger partial charge in [0.1, 0.15) is 10.8 Å². The number of ether oxygens (including phenoxy) is 1. The van der Waals surface area contributed by atoms with Gasteiger partial charge < -0.3 is 10.1 Å². The maximum Gasteiger partial charge on any atom is 0.223 e. The normalized spacial score (nSPS) is 10.2. The zero-order valence-electron chi connectivity index (χ0n) is 10.6. The molecule has 100 valence electrons. The number of anilines is 1. The van der Waals surface area contributed by atoms with Gasteiger partial charge in [-0.3, -0.25) is 4.79 Å². The Morgan fingerprint density at radius 1 is 1.32 bits per heavy atom. The Hall–Kier alpha value is -1.95. The van der Waals surface area contributed by atoms with E-state index in [9.17, 15) is 4.79 Å². The molecule has 0 radical (unpaired) electrons. The highest BCUT2D eigenvalue weighted by molar-refractivity contribution is 7.15. The largest absolute Gasteiger partial charge is 0.494 e. The Balaban J connectivity index is 1.71. The van der Waals surface area contributed by atoms with Crippen molar-refractivity contribution in [2.45, 2.75) is 19.8 Å². The van der Waals surface area contributed by atoms with E-state index in [2.05, 4.69) is 15.5 Å². The van der Waals surface area contributed by atoms with Crippen LogP contribution in [0.5, 0.6) is 5.75 Å². The zero-order chi connectivity index (χ0) is 13.5. The number of rotatable bonds is 6. The van der Waals surface area contributed by atoms with Gasteiger partial charge in [0, 0.05) is 13.3 Å². The fourth-order valence-corrected chi connectivity index (χ4v) is 2.31.